The summed E-state index contributed by atoms with van der Waals surface area (Å²) in [5.41, 5.74) is 0. The molecule has 4 nitrogen and oxygen atoms in total. The molecule has 1 N–H and O–H groups in total. The molecule has 2 unspecified atom stereocenters. The van der Waals surface area contributed by atoms with Crippen LogP contribution in [0.3, 0.4) is 0 Å². The molecule has 92 valence electrons. The van der Waals surface area contributed by atoms with Gasteiger partial charge in [-0.25, -0.2) is 0 Å². The van der Waals surface area contributed by atoms with Gasteiger partial charge < -0.3 is 15.0 Å². The smallest absolute Gasteiger partial charge is 0.225 e. The van der Waals surface area contributed by atoms with E-state index >= 15 is 0 Å². The van der Waals surface area contributed by atoms with Gasteiger partial charge >= 0.3 is 0 Å². The van der Waals surface area contributed by atoms with E-state index in [2.05, 4.69) is 12.2 Å². The number of nitrogens with one attached hydrogen (secondary N) is 1. The molecule has 0 aromatic rings. The molecule has 16 heavy (non-hydrogen) atoms. The van der Waals surface area contributed by atoms with Gasteiger partial charge in [0.05, 0.1) is 6.10 Å². The molecule has 2 heterocycles. The van der Waals surface area contributed by atoms with Gasteiger partial charge in [-0.1, -0.05) is 6.92 Å². The fraction of sp³-hybridized carbons (Fsp3) is 0.917. The highest BCUT2D eigenvalue weighted by Crippen LogP contribution is 2.21. The van der Waals surface area contributed by atoms with E-state index in [9.17, 15) is 4.79 Å². The summed E-state index contributed by atoms with van der Waals surface area (Å²) in [5, 5.41) is 3.22. The van der Waals surface area contributed by atoms with Gasteiger partial charge in [0, 0.05) is 26.1 Å². The van der Waals surface area contributed by atoms with Crippen molar-refractivity contribution in [3.63, 3.8) is 0 Å². The van der Waals surface area contributed by atoms with Crippen molar-refractivity contribution >= 4 is 5.91 Å². The number of carbonyl (C=O) groups is 1. The lowest BCUT2D eigenvalue weighted by atomic mass is 9.87. The Morgan fingerprint density at radius 1 is 1.50 bits per heavy atom. The number of amides is 1. The van der Waals surface area contributed by atoms with Crippen molar-refractivity contribution in [2.45, 2.75) is 25.9 Å². The van der Waals surface area contributed by atoms with E-state index in [-0.39, 0.29) is 12.0 Å². The molecule has 2 fully saturated rings. The predicted molar refractivity (Wildman–Crippen MR) is 62.1 cm³/mol. The van der Waals surface area contributed by atoms with Crippen LogP contribution in [0.15, 0.2) is 0 Å². The number of likely N-dealkylation sites (tertiary alicyclic amines) is 1. The number of methoxy groups -OCH3 is 1. The number of carbonyl (C=O) groups excluding carboxylic acids is 1. The van der Waals surface area contributed by atoms with Gasteiger partial charge in [-0.3, -0.25) is 4.79 Å². The molecule has 0 bridgehead atoms. The van der Waals surface area contributed by atoms with Crippen LogP contribution in [0.2, 0.25) is 0 Å². The first-order chi connectivity index (χ1) is 7.72. The van der Waals surface area contributed by atoms with Gasteiger partial charge in [0.2, 0.25) is 5.91 Å². The summed E-state index contributed by atoms with van der Waals surface area (Å²) >= 11 is 0. The minimum atomic E-state index is 0.164. The third-order valence-corrected chi connectivity index (χ3v) is 3.93. The summed E-state index contributed by atoms with van der Waals surface area (Å²) in [6.45, 7) is 5.73. The summed E-state index contributed by atoms with van der Waals surface area (Å²) in [7, 11) is 1.73. The molecular weight excluding hydrogens is 204 g/mol. The van der Waals surface area contributed by atoms with E-state index in [0.717, 1.165) is 39.0 Å². The molecular formula is C12H22N2O2. The molecule has 1 amide bonds. The minimum absolute atomic E-state index is 0.164. The van der Waals surface area contributed by atoms with E-state index in [1.54, 1.807) is 7.11 Å². The van der Waals surface area contributed by atoms with E-state index < -0.39 is 0 Å². The van der Waals surface area contributed by atoms with Crippen LogP contribution in [0.4, 0.5) is 0 Å². The fourth-order valence-corrected chi connectivity index (χ4v) is 2.48. The lowest BCUT2D eigenvalue weighted by molar-refractivity contribution is -0.141. The Kier molecular flexibility index (Phi) is 3.82. The fourth-order valence-electron chi connectivity index (χ4n) is 2.48. The average molecular weight is 226 g/mol. The summed E-state index contributed by atoms with van der Waals surface area (Å²) in [6.07, 6.45) is 2.39. The highest BCUT2D eigenvalue weighted by atomic mass is 16.5. The molecule has 4 heteroatoms. The van der Waals surface area contributed by atoms with Crippen molar-refractivity contribution in [3.8, 4) is 0 Å². The van der Waals surface area contributed by atoms with Crippen LogP contribution in [-0.2, 0) is 9.53 Å². The zero-order valence-electron chi connectivity index (χ0n) is 10.2. The van der Waals surface area contributed by atoms with E-state index in [0.29, 0.717) is 11.8 Å². The Morgan fingerprint density at radius 2 is 2.25 bits per heavy atom. The van der Waals surface area contributed by atoms with Gasteiger partial charge in [-0.05, 0) is 31.8 Å². The molecule has 0 aliphatic carbocycles. The number of piperidine rings is 1. The first kappa shape index (κ1) is 11.9. The van der Waals surface area contributed by atoms with Gasteiger partial charge in [0.1, 0.15) is 0 Å². The molecule has 0 aromatic carbocycles. The van der Waals surface area contributed by atoms with Crippen molar-refractivity contribution < 1.29 is 9.53 Å². The van der Waals surface area contributed by atoms with Crippen LogP contribution in [0.25, 0.3) is 0 Å². The summed E-state index contributed by atoms with van der Waals surface area (Å²) < 4.78 is 5.35. The van der Waals surface area contributed by atoms with Crippen LogP contribution in [0, 0.1) is 11.8 Å². The molecule has 2 atom stereocenters. The standard InChI is InChI=1S/C12H22N2O2/c1-9(10-6-13-7-10)12(15)14-5-3-4-11(8-14)16-2/h9-11,13H,3-8H2,1-2H3. The topological polar surface area (TPSA) is 41.6 Å². The van der Waals surface area contributed by atoms with Crippen LogP contribution >= 0.6 is 0 Å². The summed E-state index contributed by atoms with van der Waals surface area (Å²) in [5.74, 6) is 1.01. The number of hydrogen-bond donors (Lipinski definition) is 1. The van der Waals surface area contributed by atoms with E-state index in [1.807, 2.05) is 4.90 Å². The van der Waals surface area contributed by atoms with Crippen LogP contribution < -0.4 is 5.32 Å². The SMILES string of the molecule is COC1CCCN(C(=O)C(C)C2CNC2)C1. The Hall–Kier alpha value is -0.610. The lowest BCUT2D eigenvalue weighted by Gasteiger charge is -2.38. The predicted octanol–water partition coefficient (Wildman–Crippen LogP) is 0.479. The normalized spacial score (nSPS) is 28.6. The van der Waals surface area contributed by atoms with Crippen molar-refractivity contribution in [2.75, 3.05) is 33.3 Å². The average Bonchev–Trinajstić information content (AvgIpc) is 2.25. The Balaban J connectivity index is 1.87. The highest BCUT2D eigenvalue weighted by Gasteiger charge is 2.33. The molecule has 2 saturated heterocycles. The second kappa shape index (κ2) is 5.15. The Bertz CT molecular complexity index is 253. The zero-order chi connectivity index (χ0) is 11.5. The Labute approximate surface area is 97.3 Å². The Morgan fingerprint density at radius 3 is 2.81 bits per heavy atom. The van der Waals surface area contributed by atoms with Crippen LogP contribution in [0.5, 0.6) is 0 Å². The number of nitrogens with zero attached hydrogens (tertiary/aromatic N) is 1. The molecule has 0 spiro atoms. The lowest BCUT2D eigenvalue weighted by Crippen LogP contribution is -2.52. The monoisotopic (exact) mass is 226 g/mol. The maximum absolute atomic E-state index is 12.2. The van der Waals surface area contributed by atoms with E-state index in [4.69, 9.17) is 4.74 Å². The maximum Gasteiger partial charge on any atom is 0.225 e. The second-order valence-electron chi connectivity index (χ2n) is 4.99. The van der Waals surface area contributed by atoms with Gasteiger partial charge in [-0.15, -0.1) is 0 Å². The summed E-state index contributed by atoms with van der Waals surface area (Å²) in [6, 6.07) is 0. The molecule has 2 aliphatic rings. The van der Waals surface area contributed by atoms with Gasteiger partial charge in [-0.2, -0.15) is 0 Å². The summed E-state index contributed by atoms with van der Waals surface area (Å²) in [4.78, 5) is 14.2. The number of rotatable bonds is 3. The maximum atomic E-state index is 12.2. The van der Waals surface area contributed by atoms with Gasteiger partial charge in [0.25, 0.3) is 0 Å². The van der Waals surface area contributed by atoms with Crippen molar-refractivity contribution in [1.82, 2.24) is 10.2 Å². The largest absolute Gasteiger partial charge is 0.380 e. The van der Waals surface area contributed by atoms with Crippen molar-refractivity contribution in [3.05, 3.63) is 0 Å². The molecule has 0 radical (unpaired) electrons. The molecule has 2 rings (SSSR count). The third kappa shape index (κ3) is 2.38. The van der Waals surface area contributed by atoms with Crippen molar-refractivity contribution in [1.29, 1.82) is 0 Å². The zero-order valence-corrected chi connectivity index (χ0v) is 10.2. The highest BCUT2D eigenvalue weighted by molar-refractivity contribution is 5.79. The number of ether oxygens (including phenoxy) is 1. The van der Waals surface area contributed by atoms with Crippen LogP contribution in [-0.4, -0.2) is 50.2 Å². The van der Waals surface area contributed by atoms with Crippen molar-refractivity contribution in [2.24, 2.45) is 11.8 Å². The second-order valence-corrected chi connectivity index (χ2v) is 4.99. The molecule has 0 aromatic heterocycles. The first-order valence-electron chi connectivity index (χ1n) is 6.24. The number of hydrogen-bond acceptors (Lipinski definition) is 3. The van der Waals surface area contributed by atoms with E-state index in [1.165, 1.54) is 0 Å². The minimum Gasteiger partial charge on any atom is -0.380 e. The molecule has 2 aliphatic heterocycles. The molecule has 0 saturated carbocycles. The first-order valence-corrected chi connectivity index (χ1v) is 6.24. The van der Waals surface area contributed by atoms with Crippen LogP contribution in [0.1, 0.15) is 19.8 Å². The quantitative estimate of drug-likeness (QED) is 0.761. The van der Waals surface area contributed by atoms with Gasteiger partial charge in [0.15, 0.2) is 0 Å². The third-order valence-electron chi connectivity index (χ3n) is 3.93.